The Labute approximate surface area is 172 Å². The summed E-state index contributed by atoms with van der Waals surface area (Å²) in [5, 5.41) is 3.21. The number of rotatable bonds is 5. The minimum absolute atomic E-state index is 0.00349. The van der Waals surface area contributed by atoms with Crippen molar-refractivity contribution in [3.8, 4) is 22.4 Å². The molecular weight excluding hydrogens is 385 g/mol. The molecule has 0 unspecified atom stereocenters. The molecule has 7 nitrogen and oxygen atoms in total. The van der Waals surface area contributed by atoms with Crippen molar-refractivity contribution >= 4 is 11.9 Å². The molecule has 4 N–H and O–H groups in total. The largest absolute Gasteiger partial charge is 0.369 e. The van der Waals surface area contributed by atoms with E-state index in [9.17, 15) is 14.0 Å². The molecular formula is C22H22FN5O2. The fourth-order valence-corrected chi connectivity index (χ4v) is 3.88. The van der Waals surface area contributed by atoms with Crippen molar-refractivity contribution in [1.82, 2.24) is 15.0 Å². The van der Waals surface area contributed by atoms with Gasteiger partial charge in [-0.3, -0.25) is 9.59 Å². The number of anilines is 1. The van der Waals surface area contributed by atoms with Gasteiger partial charge in [-0.15, -0.1) is 0 Å². The highest BCUT2D eigenvalue weighted by molar-refractivity contribution is 5.76. The summed E-state index contributed by atoms with van der Waals surface area (Å²) in [4.78, 5) is 34.6. The van der Waals surface area contributed by atoms with Crippen molar-refractivity contribution in [2.24, 2.45) is 11.7 Å². The number of nitrogens with two attached hydrogens (primary N) is 1. The monoisotopic (exact) mass is 407 g/mol. The van der Waals surface area contributed by atoms with Gasteiger partial charge in [0.05, 0.1) is 6.20 Å². The van der Waals surface area contributed by atoms with Crippen molar-refractivity contribution in [1.29, 1.82) is 0 Å². The zero-order valence-corrected chi connectivity index (χ0v) is 16.3. The van der Waals surface area contributed by atoms with Crippen molar-refractivity contribution in [3.63, 3.8) is 0 Å². The molecule has 1 aliphatic rings. The number of primary amides is 1. The number of benzene rings is 1. The molecule has 2 atom stereocenters. The molecule has 0 saturated heterocycles. The maximum absolute atomic E-state index is 14.5. The fraction of sp³-hybridized carbons (Fsp3) is 0.273. The van der Waals surface area contributed by atoms with E-state index in [0.717, 1.165) is 25.5 Å². The molecule has 30 heavy (non-hydrogen) atoms. The maximum atomic E-state index is 14.5. The first-order valence-corrected chi connectivity index (χ1v) is 9.88. The van der Waals surface area contributed by atoms with Crippen LogP contribution in [-0.2, 0) is 4.79 Å². The molecule has 2 aromatic heterocycles. The number of pyridine rings is 1. The third kappa shape index (κ3) is 4.22. The fourth-order valence-electron chi connectivity index (χ4n) is 3.88. The number of nitrogens with zero attached hydrogens (tertiary/aromatic N) is 2. The lowest BCUT2D eigenvalue weighted by Gasteiger charge is -2.27. The van der Waals surface area contributed by atoms with E-state index in [1.165, 1.54) is 0 Å². The molecule has 1 amide bonds. The van der Waals surface area contributed by atoms with Crippen LogP contribution in [-0.4, -0.2) is 26.9 Å². The van der Waals surface area contributed by atoms with Gasteiger partial charge in [-0.1, -0.05) is 24.6 Å². The number of hydrogen-bond donors (Lipinski definition) is 3. The number of aromatic nitrogens is 3. The first kappa shape index (κ1) is 19.8. The molecule has 1 saturated carbocycles. The van der Waals surface area contributed by atoms with E-state index >= 15 is 0 Å². The van der Waals surface area contributed by atoms with Gasteiger partial charge in [0.1, 0.15) is 5.69 Å². The summed E-state index contributed by atoms with van der Waals surface area (Å²) in [6.45, 7) is 0. The summed E-state index contributed by atoms with van der Waals surface area (Å²) in [5.41, 5.74) is 7.06. The van der Waals surface area contributed by atoms with Gasteiger partial charge in [0.15, 0.2) is 5.82 Å². The van der Waals surface area contributed by atoms with Crippen molar-refractivity contribution in [2.45, 2.75) is 31.7 Å². The Morgan fingerprint density at radius 3 is 2.83 bits per heavy atom. The number of carbonyl (C=O) groups is 1. The van der Waals surface area contributed by atoms with Gasteiger partial charge in [-0.25, -0.2) is 14.4 Å². The Hall–Kier alpha value is -3.55. The van der Waals surface area contributed by atoms with E-state index in [1.54, 1.807) is 42.6 Å². The molecule has 3 aromatic rings. The lowest BCUT2D eigenvalue weighted by Crippen LogP contribution is -2.34. The van der Waals surface area contributed by atoms with E-state index in [2.05, 4.69) is 20.3 Å². The smallest absolute Gasteiger partial charge is 0.255 e. The van der Waals surface area contributed by atoms with E-state index in [1.807, 2.05) is 0 Å². The van der Waals surface area contributed by atoms with Crippen LogP contribution in [0.4, 0.5) is 10.3 Å². The Balaban J connectivity index is 1.61. The summed E-state index contributed by atoms with van der Waals surface area (Å²) >= 11 is 0. The van der Waals surface area contributed by atoms with Crippen LogP contribution < -0.4 is 16.6 Å². The number of aromatic amines is 1. The van der Waals surface area contributed by atoms with Crippen LogP contribution in [0.2, 0.25) is 0 Å². The van der Waals surface area contributed by atoms with Gasteiger partial charge in [0, 0.05) is 29.3 Å². The van der Waals surface area contributed by atoms with Crippen LogP contribution in [0.3, 0.4) is 0 Å². The zero-order chi connectivity index (χ0) is 21.1. The van der Waals surface area contributed by atoms with Gasteiger partial charge in [0.25, 0.3) is 5.56 Å². The number of nitrogens with one attached hydrogen (secondary N) is 2. The van der Waals surface area contributed by atoms with E-state index in [-0.39, 0.29) is 29.1 Å². The van der Waals surface area contributed by atoms with Gasteiger partial charge in [-0.05, 0) is 43.0 Å². The summed E-state index contributed by atoms with van der Waals surface area (Å²) in [6.07, 6.45) is 5.83. The molecule has 1 aromatic carbocycles. The molecule has 8 heteroatoms. The van der Waals surface area contributed by atoms with Gasteiger partial charge >= 0.3 is 0 Å². The topological polar surface area (TPSA) is 114 Å². The number of amides is 1. The van der Waals surface area contributed by atoms with Crippen molar-refractivity contribution < 1.29 is 9.18 Å². The van der Waals surface area contributed by atoms with Crippen molar-refractivity contribution in [2.75, 3.05) is 5.32 Å². The van der Waals surface area contributed by atoms with Crippen molar-refractivity contribution in [3.05, 3.63) is 65.0 Å². The molecule has 2 heterocycles. The average molecular weight is 407 g/mol. The lowest BCUT2D eigenvalue weighted by molar-refractivity contribution is -0.122. The second kappa shape index (κ2) is 8.44. The van der Waals surface area contributed by atoms with Crippen LogP contribution in [0.5, 0.6) is 0 Å². The van der Waals surface area contributed by atoms with Crippen LogP contribution in [0, 0.1) is 11.7 Å². The van der Waals surface area contributed by atoms with Crippen LogP contribution >= 0.6 is 0 Å². The number of H-pyrrole nitrogens is 1. The molecule has 1 aliphatic carbocycles. The minimum Gasteiger partial charge on any atom is -0.369 e. The molecule has 4 rings (SSSR count). The normalized spacial score (nSPS) is 18.7. The van der Waals surface area contributed by atoms with E-state index in [4.69, 9.17) is 5.73 Å². The van der Waals surface area contributed by atoms with Gasteiger partial charge in [0.2, 0.25) is 11.9 Å². The molecule has 154 valence electrons. The zero-order valence-electron chi connectivity index (χ0n) is 16.3. The standard InChI is InChI=1S/C22H22FN5O2/c23-18-12-26-22(27-16-7-2-6-15(11-16)20(24)29)28-19(18)14-5-1-4-13(10-14)17-8-3-9-25-21(17)30/h1,3-5,8-10,12,15-16H,2,6-7,11H2,(H2,24,29)(H,25,30)(H,26,27,28)/t15-,16+/m1/s1. The summed E-state index contributed by atoms with van der Waals surface area (Å²) in [6, 6.07) is 10.5. The maximum Gasteiger partial charge on any atom is 0.255 e. The van der Waals surface area contributed by atoms with Crippen LogP contribution in [0.15, 0.2) is 53.6 Å². The number of carbonyl (C=O) groups excluding carboxylic acids is 1. The molecule has 0 spiro atoms. The molecule has 0 bridgehead atoms. The predicted octanol–water partition coefficient (Wildman–Crippen LogP) is 3.09. The second-order valence-corrected chi connectivity index (χ2v) is 7.49. The quantitative estimate of drug-likeness (QED) is 0.601. The Morgan fingerprint density at radius 2 is 2.03 bits per heavy atom. The Bertz CT molecular complexity index is 1130. The first-order chi connectivity index (χ1) is 14.5. The Kier molecular flexibility index (Phi) is 5.56. The second-order valence-electron chi connectivity index (χ2n) is 7.49. The molecule has 1 fully saturated rings. The van der Waals surface area contributed by atoms with Gasteiger partial charge < -0.3 is 16.0 Å². The molecule has 0 aliphatic heterocycles. The predicted molar refractivity (Wildman–Crippen MR) is 112 cm³/mol. The average Bonchev–Trinajstić information content (AvgIpc) is 2.76. The van der Waals surface area contributed by atoms with E-state index < -0.39 is 5.82 Å². The highest BCUT2D eigenvalue weighted by atomic mass is 19.1. The summed E-state index contributed by atoms with van der Waals surface area (Å²) in [5.74, 6) is -0.727. The third-order valence-electron chi connectivity index (χ3n) is 5.42. The van der Waals surface area contributed by atoms with Crippen LogP contribution in [0.25, 0.3) is 22.4 Å². The van der Waals surface area contributed by atoms with E-state index in [0.29, 0.717) is 29.1 Å². The summed E-state index contributed by atoms with van der Waals surface area (Å²) < 4.78 is 14.5. The highest BCUT2D eigenvalue weighted by Crippen LogP contribution is 2.28. The summed E-state index contributed by atoms with van der Waals surface area (Å²) in [7, 11) is 0. The van der Waals surface area contributed by atoms with Crippen LogP contribution in [0.1, 0.15) is 25.7 Å². The third-order valence-corrected chi connectivity index (χ3v) is 5.42. The highest BCUT2D eigenvalue weighted by Gasteiger charge is 2.26. The first-order valence-electron chi connectivity index (χ1n) is 9.88. The lowest BCUT2D eigenvalue weighted by atomic mass is 9.85. The van der Waals surface area contributed by atoms with Gasteiger partial charge in [-0.2, -0.15) is 0 Å². The molecule has 0 radical (unpaired) electrons. The number of halogens is 1. The SMILES string of the molecule is NC(=O)[C@@H]1CCC[C@H](Nc2ncc(F)c(-c3cccc(-c4ccc[nH]c4=O)c3)n2)C1. The Morgan fingerprint density at radius 1 is 1.20 bits per heavy atom. The number of hydrogen-bond acceptors (Lipinski definition) is 5. The minimum atomic E-state index is -0.557.